The number of pyridine rings is 1. The summed E-state index contributed by atoms with van der Waals surface area (Å²) in [6, 6.07) is 24.5. The van der Waals surface area contributed by atoms with Gasteiger partial charge in [-0.1, -0.05) is 36.4 Å². The molecule has 0 aliphatic rings. The molecule has 0 atom stereocenters. The van der Waals surface area contributed by atoms with E-state index in [1.807, 2.05) is 60.3 Å². The molecular weight excluding hydrogens is 388 g/mol. The van der Waals surface area contributed by atoms with Gasteiger partial charge < -0.3 is 0 Å². The van der Waals surface area contributed by atoms with Crippen molar-refractivity contribution in [2.24, 2.45) is 0 Å². The number of anilines is 3. The minimum Gasteiger partial charge on any atom is -0.293 e. The summed E-state index contributed by atoms with van der Waals surface area (Å²) in [5.74, 6) is 0.826. The van der Waals surface area contributed by atoms with Crippen LogP contribution in [-0.2, 0) is 0 Å². The van der Waals surface area contributed by atoms with E-state index in [1.54, 1.807) is 6.20 Å². The van der Waals surface area contributed by atoms with E-state index in [0.29, 0.717) is 0 Å². The first-order chi connectivity index (χ1) is 12.7. The average Bonchev–Trinajstić information content (AvgIpc) is 3.21. The van der Waals surface area contributed by atoms with Gasteiger partial charge in [-0.05, 0) is 59.3 Å². The summed E-state index contributed by atoms with van der Waals surface area (Å²) in [5.41, 5.74) is 3.91. The SMILES string of the molecule is Cc1nc(N(c2ccccc2)c2ccccc2)c(-n2cccn2)cc1Br. The summed E-state index contributed by atoms with van der Waals surface area (Å²) < 4.78 is 2.79. The van der Waals surface area contributed by atoms with Crippen LogP contribution in [0, 0.1) is 6.92 Å². The number of hydrogen-bond donors (Lipinski definition) is 0. The van der Waals surface area contributed by atoms with Crippen LogP contribution in [0.2, 0.25) is 0 Å². The molecule has 5 heteroatoms. The van der Waals surface area contributed by atoms with Gasteiger partial charge in [0.2, 0.25) is 0 Å². The monoisotopic (exact) mass is 404 g/mol. The van der Waals surface area contributed by atoms with Crippen LogP contribution >= 0.6 is 15.9 Å². The van der Waals surface area contributed by atoms with Gasteiger partial charge in [0, 0.05) is 28.2 Å². The molecule has 0 amide bonds. The summed E-state index contributed by atoms with van der Waals surface area (Å²) in [5, 5.41) is 4.42. The Morgan fingerprint density at radius 2 is 1.50 bits per heavy atom. The highest BCUT2D eigenvalue weighted by atomic mass is 79.9. The van der Waals surface area contributed by atoms with Crippen molar-refractivity contribution < 1.29 is 0 Å². The van der Waals surface area contributed by atoms with Crippen LogP contribution in [-0.4, -0.2) is 14.8 Å². The molecule has 0 bridgehead atoms. The molecule has 4 nitrogen and oxygen atoms in total. The predicted octanol–water partition coefficient (Wildman–Crippen LogP) is 5.81. The molecule has 2 heterocycles. The highest BCUT2D eigenvalue weighted by molar-refractivity contribution is 9.10. The van der Waals surface area contributed by atoms with Gasteiger partial charge in [0.1, 0.15) is 5.69 Å². The normalized spacial score (nSPS) is 10.7. The lowest BCUT2D eigenvalue weighted by Gasteiger charge is -2.26. The van der Waals surface area contributed by atoms with Gasteiger partial charge in [-0.25, -0.2) is 9.67 Å². The molecule has 0 spiro atoms. The smallest absolute Gasteiger partial charge is 0.164 e. The van der Waals surface area contributed by atoms with E-state index >= 15 is 0 Å². The molecular formula is C21H17BrN4. The van der Waals surface area contributed by atoms with Crippen molar-refractivity contribution in [1.82, 2.24) is 14.8 Å². The zero-order valence-corrected chi connectivity index (χ0v) is 15.8. The Balaban J connectivity index is 1.99. The summed E-state index contributed by atoms with van der Waals surface area (Å²) in [4.78, 5) is 7.05. The van der Waals surface area contributed by atoms with Crippen LogP contribution in [0.1, 0.15) is 5.69 Å². The van der Waals surface area contributed by atoms with Crippen LogP contribution in [0.5, 0.6) is 0 Å². The third-order valence-electron chi connectivity index (χ3n) is 4.10. The Kier molecular flexibility index (Phi) is 4.54. The molecule has 2 aromatic heterocycles. The Hall–Kier alpha value is -2.92. The van der Waals surface area contributed by atoms with Gasteiger partial charge in [0.05, 0.1) is 5.69 Å². The average molecular weight is 405 g/mol. The molecule has 0 aliphatic carbocycles. The van der Waals surface area contributed by atoms with Crippen molar-refractivity contribution in [3.63, 3.8) is 0 Å². The van der Waals surface area contributed by atoms with Crippen molar-refractivity contribution >= 4 is 33.1 Å². The molecule has 26 heavy (non-hydrogen) atoms. The summed E-state index contributed by atoms with van der Waals surface area (Å²) in [6.45, 7) is 1.99. The molecule has 0 N–H and O–H groups in total. The minimum absolute atomic E-state index is 0.826. The van der Waals surface area contributed by atoms with Crippen LogP contribution in [0.15, 0.2) is 89.7 Å². The molecule has 0 aliphatic heterocycles. The molecule has 0 unspecified atom stereocenters. The van der Waals surface area contributed by atoms with Crippen molar-refractivity contribution in [1.29, 1.82) is 0 Å². The van der Waals surface area contributed by atoms with Gasteiger partial charge in [0.15, 0.2) is 5.82 Å². The maximum absolute atomic E-state index is 4.90. The van der Waals surface area contributed by atoms with Crippen molar-refractivity contribution in [2.75, 3.05) is 4.90 Å². The molecule has 0 fully saturated rings. The highest BCUT2D eigenvalue weighted by Gasteiger charge is 2.20. The number of aromatic nitrogens is 3. The predicted molar refractivity (Wildman–Crippen MR) is 108 cm³/mol. The fourth-order valence-corrected chi connectivity index (χ4v) is 3.16. The lowest BCUT2D eigenvalue weighted by atomic mass is 10.2. The van der Waals surface area contributed by atoms with E-state index < -0.39 is 0 Å². The zero-order valence-electron chi connectivity index (χ0n) is 14.2. The molecule has 0 radical (unpaired) electrons. The second-order valence-electron chi connectivity index (χ2n) is 5.86. The Bertz CT molecular complexity index is 960. The van der Waals surface area contributed by atoms with Crippen LogP contribution < -0.4 is 4.90 Å². The van der Waals surface area contributed by atoms with Gasteiger partial charge >= 0.3 is 0 Å². The quantitative estimate of drug-likeness (QED) is 0.430. The van der Waals surface area contributed by atoms with Gasteiger partial charge in [0.25, 0.3) is 0 Å². The standard InChI is InChI=1S/C21H17BrN4/c1-16-19(22)15-20(25-14-8-13-23-25)21(24-16)26(17-9-4-2-5-10-17)18-11-6-3-7-12-18/h2-15H,1H3. The Morgan fingerprint density at radius 1 is 0.885 bits per heavy atom. The molecule has 128 valence electrons. The summed E-state index contributed by atoms with van der Waals surface area (Å²) in [6.07, 6.45) is 3.70. The fourth-order valence-electron chi connectivity index (χ4n) is 2.85. The van der Waals surface area contributed by atoms with E-state index in [2.05, 4.69) is 56.3 Å². The van der Waals surface area contributed by atoms with Crippen LogP contribution in [0.4, 0.5) is 17.2 Å². The first kappa shape index (κ1) is 16.5. The molecule has 2 aromatic carbocycles. The first-order valence-electron chi connectivity index (χ1n) is 8.31. The molecule has 0 saturated heterocycles. The molecule has 0 saturated carbocycles. The number of rotatable bonds is 4. The van der Waals surface area contributed by atoms with E-state index in [0.717, 1.165) is 33.0 Å². The third kappa shape index (κ3) is 3.13. The molecule has 4 rings (SSSR count). The first-order valence-corrected chi connectivity index (χ1v) is 9.11. The number of aryl methyl sites for hydroxylation is 1. The molecule has 4 aromatic rings. The topological polar surface area (TPSA) is 34.0 Å². The summed E-state index contributed by atoms with van der Waals surface area (Å²) in [7, 11) is 0. The highest BCUT2D eigenvalue weighted by Crippen LogP contribution is 2.37. The zero-order chi connectivity index (χ0) is 17.9. The number of hydrogen-bond acceptors (Lipinski definition) is 3. The summed E-state index contributed by atoms with van der Waals surface area (Å²) >= 11 is 3.61. The van der Waals surface area contributed by atoms with E-state index in [-0.39, 0.29) is 0 Å². The van der Waals surface area contributed by atoms with Crippen LogP contribution in [0.25, 0.3) is 5.69 Å². The number of halogens is 1. The number of benzene rings is 2. The maximum atomic E-state index is 4.90. The van der Waals surface area contributed by atoms with E-state index in [4.69, 9.17) is 4.98 Å². The number of nitrogens with zero attached hydrogens (tertiary/aromatic N) is 4. The maximum Gasteiger partial charge on any atom is 0.164 e. The van der Waals surface area contributed by atoms with Gasteiger partial charge in [-0.3, -0.25) is 4.90 Å². The van der Waals surface area contributed by atoms with E-state index in [1.165, 1.54) is 0 Å². The lowest BCUT2D eigenvalue weighted by molar-refractivity contribution is 0.867. The number of para-hydroxylation sites is 2. The van der Waals surface area contributed by atoms with Crippen molar-refractivity contribution in [3.05, 3.63) is 95.4 Å². The lowest BCUT2D eigenvalue weighted by Crippen LogP contribution is -2.15. The Morgan fingerprint density at radius 3 is 2.04 bits per heavy atom. The third-order valence-corrected chi connectivity index (χ3v) is 4.91. The minimum atomic E-state index is 0.826. The largest absolute Gasteiger partial charge is 0.293 e. The van der Waals surface area contributed by atoms with Crippen molar-refractivity contribution in [2.45, 2.75) is 6.92 Å². The van der Waals surface area contributed by atoms with Gasteiger partial charge in [-0.15, -0.1) is 0 Å². The second kappa shape index (κ2) is 7.14. The van der Waals surface area contributed by atoms with Crippen molar-refractivity contribution in [3.8, 4) is 5.69 Å². The fraction of sp³-hybridized carbons (Fsp3) is 0.0476. The van der Waals surface area contributed by atoms with E-state index in [9.17, 15) is 0 Å². The van der Waals surface area contributed by atoms with Crippen LogP contribution in [0.3, 0.4) is 0 Å². The second-order valence-corrected chi connectivity index (χ2v) is 6.71. The Labute approximate surface area is 160 Å². The van der Waals surface area contributed by atoms with Gasteiger partial charge in [-0.2, -0.15) is 5.10 Å².